The van der Waals surface area contributed by atoms with Crippen LogP contribution in [0.4, 0.5) is 0 Å². The summed E-state index contributed by atoms with van der Waals surface area (Å²) in [5.41, 5.74) is 0. The first-order valence-corrected chi connectivity index (χ1v) is 3.55. The maximum absolute atomic E-state index is 8.38. The number of rotatable bonds is 3. The van der Waals surface area contributed by atoms with Crippen LogP contribution in [-0.4, -0.2) is 35.3 Å². The molecule has 0 rings (SSSR count). The third-order valence-corrected chi connectivity index (χ3v) is 1.83. The molecule has 0 aliphatic heterocycles. The van der Waals surface area contributed by atoms with Crippen molar-refractivity contribution in [2.24, 2.45) is 0 Å². The topological polar surface area (TPSA) is 23.5 Å². The van der Waals surface area contributed by atoms with E-state index in [4.69, 9.17) is 4.55 Å². The molecule has 0 amide bonds. The van der Waals surface area contributed by atoms with E-state index in [2.05, 4.69) is 11.8 Å². The van der Waals surface area contributed by atoms with Crippen LogP contribution in [0.15, 0.2) is 0 Å². The fraction of sp³-hybridized carbons (Fsp3) is 1.00. The first-order valence-electron chi connectivity index (χ1n) is 2.61. The summed E-state index contributed by atoms with van der Waals surface area (Å²) < 4.78 is 8.38. The fourth-order valence-corrected chi connectivity index (χ4v) is 0.771. The minimum atomic E-state index is 0.463. The van der Waals surface area contributed by atoms with E-state index in [1.807, 2.05) is 14.1 Å². The highest BCUT2D eigenvalue weighted by Gasteiger charge is 2.01. The van der Waals surface area contributed by atoms with E-state index in [1.165, 1.54) is 0 Å². The second kappa shape index (κ2) is 4.18. The van der Waals surface area contributed by atoms with E-state index >= 15 is 0 Å². The SMILES string of the molecule is CC(CSO)N(C)C. The van der Waals surface area contributed by atoms with Crippen molar-refractivity contribution < 1.29 is 4.55 Å². The largest absolute Gasteiger partial charge is 0.330 e. The second-order valence-electron chi connectivity index (χ2n) is 2.11. The molecule has 0 aliphatic rings. The second-order valence-corrected chi connectivity index (χ2v) is 2.70. The van der Waals surface area contributed by atoms with Crippen molar-refractivity contribution in [3.63, 3.8) is 0 Å². The van der Waals surface area contributed by atoms with Gasteiger partial charge in [-0.3, -0.25) is 0 Å². The zero-order chi connectivity index (χ0) is 6.57. The number of nitrogens with zero attached hydrogens (tertiary/aromatic N) is 1. The monoisotopic (exact) mass is 135 g/mol. The van der Waals surface area contributed by atoms with E-state index in [-0.39, 0.29) is 0 Å². The van der Waals surface area contributed by atoms with Crippen molar-refractivity contribution in [2.75, 3.05) is 19.8 Å². The molecule has 0 aromatic carbocycles. The van der Waals surface area contributed by atoms with Crippen molar-refractivity contribution in [1.82, 2.24) is 4.90 Å². The Bertz CT molecular complexity index is 58.4. The molecule has 0 fully saturated rings. The third kappa shape index (κ3) is 3.29. The Morgan fingerprint density at radius 3 is 2.25 bits per heavy atom. The van der Waals surface area contributed by atoms with Crippen LogP contribution in [0.3, 0.4) is 0 Å². The zero-order valence-corrected chi connectivity index (χ0v) is 6.40. The Kier molecular flexibility index (Phi) is 4.32. The van der Waals surface area contributed by atoms with Crippen LogP contribution in [-0.2, 0) is 0 Å². The van der Waals surface area contributed by atoms with E-state index in [0.29, 0.717) is 6.04 Å². The smallest absolute Gasteiger partial charge is 0.0348 e. The van der Waals surface area contributed by atoms with Gasteiger partial charge in [0.2, 0.25) is 0 Å². The van der Waals surface area contributed by atoms with Crippen LogP contribution < -0.4 is 0 Å². The quantitative estimate of drug-likeness (QED) is 0.587. The summed E-state index contributed by atoms with van der Waals surface area (Å²) in [6, 6.07) is 0.463. The van der Waals surface area contributed by atoms with Crippen LogP contribution in [0.2, 0.25) is 0 Å². The molecule has 8 heavy (non-hydrogen) atoms. The maximum atomic E-state index is 8.38. The summed E-state index contributed by atoms with van der Waals surface area (Å²) in [5, 5.41) is 0. The van der Waals surface area contributed by atoms with Gasteiger partial charge in [0.15, 0.2) is 0 Å². The Labute approximate surface area is 55.1 Å². The van der Waals surface area contributed by atoms with Crippen molar-refractivity contribution in [3.8, 4) is 0 Å². The average Bonchev–Trinajstić information content (AvgIpc) is 1.67. The Balaban J connectivity index is 3.17. The molecule has 0 aliphatic carbocycles. The van der Waals surface area contributed by atoms with Crippen LogP contribution >= 0.6 is 12.0 Å². The molecule has 0 aromatic rings. The van der Waals surface area contributed by atoms with Gasteiger partial charge in [-0.1, -0.05) is 0 Å². The minimum absolute atomic E-state index is 0.463. The van der Waals surface area contributed by atoms with Crippen molar-refractivity contribution >= 4 is 12.0 Å². The predicted octanol–water partition coefficient (Wildman–Crippen LogP) is 1.14. The lowest BCUT2D eigenvalue weighted by Gasteiger charge is -2.16. The molecule has 1 N–H and O–H groups in total. The van der Waals surface area contributed by atoms with Gasteiger partial charge in [0, 0.05) is 11.8 Å². The van der Waals surface area contributed by atoms with Gasteiger partial charge in [-0.15, -0.1) is 0 Å². The molecule has 50 valence electrons. The van der Waals surface area contributed by atoms with Crippen molar-refractivity contribution in [3.05, 3.63) is 0 Å². The van der Waals surface area contributed by atoms with Gasteiger partial charge in [0.25, 0.3) is 0 Å². The fourth-order valence-electron chi connectivity index (χ4n) is 0.257. The zero-order valence-electron chi connectivity index (χ0n) is 5.59. The maximum Gasteiger partial charge on any atom is 0.0348 e. The van der Waals surface area contributed by atoms with Crippen LogP contribution in [0.1, 0.15) is 6.92 Å². The van der Waals surface area contributed by atoms with Crippen LogP contribution in [0.25, 0.3) is 0 Å². The summed E-state index contributed by atoms with van der Waals surface area (Å²) in [6.45, 7) is 2.07. The molecule has 0 aromatic heterocycles. The van der Waals surface area contributed by atoms with Gasteiger partial charge in [-0.05, 0) is 33.1 Å². The van der Waals surface area contributed by atoms with Gasteiger partial charge >= 0.3 is 0 Å². The van der Waals surface area contributed by atoms with Gasteiger partial charge < -0.3 is 9.45 Å². The van der Waals surface area contributed by atoms with Gasteiger partial charge in [-0.2, -0.15) is 0 Å². The lowest BCUT2D eigenvalue weighted by Crippen LogP contribution is -2.26. The standard InChI is InChI=1S/C5H13NOS/c1-5(4-8-7)6(2)3/h5,7H,4H2,1-3H3. The molecular weight excluding hydrogens is 122 g/mol. The molecule has 0 heterocycles. The highest BCUT2D eigenvalue weighted by Crippen LogP contribution is 1.99. The van der Waals surface area contributed by atoms with Crippen LogP contribution in [0, 0.1) is 0 Å². The first-order chi connectivity index (χ1) is 3.68. The van der Waals surface area contributed by atoms with E-state index in [1.54, 1.807) is 0 Å². The normalized spacial score (nSPS) is 14.6. The molecule has 0 saturated heterocycles. The first kappa shape index (κ1) is 8.27. The third-order valence-electron chi connectivity index (χ3n) is 1.20. The molecule has 3 heteroatoms. The lowest BCUT2D eigenvalue weighted by molar-refractivity contribution is 0.338. The van der Waals surface area contributed by atoms with Gasteiger partial charge in [0.05, 0.1) is 0 Å². The molecule has 0 spiro atoms. The summed E-state index contributed by atoms with van der Waals surface area (Å²) in [5.74, 6) is 0.785. The molecule has 0 bridgehead atoms. The van der Waals surface area contributed by atoms with E-state index in [0.717, 1.165) is 17.8 Å². The Morgan fingerprint density at radius 1 is 1.62 bits per heavy atom. The molecular formula is C5H13NOS. The Hall–Kier alpha value is 0.270. The van der Waals surface area contributed by atoms with Crippen LogP contribution in [0.5, 0.6) is 0 Å². The Morgan fingerprint density at radius 2 is 2.12 bits per heavy atom. The molecule has 1 atom stereocenters. The highest BCUT2D eigenvalue weighted by atomic mass is 32.2. The summed E-state index contributed by atoms with van der Waals surface area (Å²) >= 11 is 0.896. The number of hydrogen-bond acceptors (Lipinski definition) is 3. The minimum Gasteiger partial charge on any atom is -0.330 e. The molecule has 0 radical (unpaired) electrons. The summed E-state index contributed by atoms with van der Waals surface area (Å²) in [4.78, 5) is 2.07. The van der Waals surface area contributed by atoms with Gasteiger partial charge in [-0.25, -0.2) is 0 Å². The molecule has 0 saturated carbocycles. The summed E-state index contributed by atoms with van der Waals surface area (Å²) in [6.07, 6.45) is 0. The van der Waals surface area contributed by atoms with Crippen molar-refractivity contribution in [1.29, 1.82) is 0 Å². The van der Waals surface area contributed by atoms with E-state index < -0.39 is 0 Å². The predicted molar refractivity (Wildman–Crippen MR) is 38.2 cm³/mol. The summed E-state index contributed by atoms with van der Waals surface area (Å²) in [7, 11) is 4.00. The van der Waals surface area contributed by atoms with E-state index in [9.17, 15) is 0 Å². The highest BCUT2D eigenvalue weighted by molar-refractivity contribution is 7.93. The number of hydrogen-bond donors (Lipinski definition) is 1. The van der Waals surface area contributed by atoms with Gasteiger partial charge in [0.1, 0.15) is 0 Å². The molecule has 2 nitrogen and oxygen atoms in total. The average molecular weight is 135 g/mol. The molecule has 1 unspecified atom stereocenters. The van der Waals surface area contributed by atoms with Crippen molar-refractivity contribution in [2.45, 2.75) is 13.0 Å². The lowest BCUT2D eigenvalue weighted by atomic mass is 10.4.